The lowest BCUT2D eigenvalue weighted by Gasteiger charge is -2.51. The van der Waals surface area contributed by atoms with Crippen LogP contribution in [0.2, 0.25) is 0 Å². The fourth-order valence-electron chi connectivity index (χ4n) is 6.70. The van der Waals surface area contributed by atoms with Crippen LogP contribution in [0.1, 0.15) is 60.3 Å². The van der Waals surface area contributed by atoms with Crippen LogP contribution < -0.4 is 4.74 Å². The standard InChI is InChI=1S/C31H30N2O4/c1-36-29-15-21(14-13-20(29)18-32)31(35)16-22-7-6-8-23(17-31)33(22)30(34)37-19-28-26-11-4-2-9-24(26)25-10-3-5-12-27(25)28/h2-5,9-15,22-23,28,35H,6-8,16-17,19H2,1H3. The van der Waals surface area contributed by atoms with Crippen molar-refractivity contribution in [3.63, 3.8) is 0 Å². The van der Waals surface area contributed by atoms with Crippen molar-refractivity contribution < 1.29 is 19.4 Å². The van der Waals surface area contributed by atoms with E-state index in [9.17, 15) is 15.2 Å². The Labute approximate surface area is 217 Å². The number of benzene rings is 3. The summed E-state index contributed by atoms with van der Waals surface area (Å²) in [6.45, 7) is 0.292. The zero-order valence-electron chi connectivity index (χ0n) is 20.9. The molecule has 3 aromatic carbocycles. The normalized spacial score (nSPS) is 24.1. The van der Waals surface area contributed by atoms with Crippen LogP contribution in [0.15, 0.2) is 66.7 Å². The Morgan fingerprint density at radius 2 is 1.65 bits per heavy atom. The van der Waals surface area contributed by atoms with E-state index in [2.05, 4.69) is 30.3 Å². The Kier molecular flexibility index (Phi) is 5.89. The molecule has 2 fully saturated rings. The van der Waals surface area contributed by atoms with Gasteiger partial charge in [0.05, 0.1) is 18.3 Å². The molecule has 1 amide bonds. The number of ether oxygens (including phenoxy) is 2. The largest absolute Gasteiger partial charge is 0.495 e. The molecule has 1 aliphatic carbocycles. The van der Waals surface area contributed by atoms with E-state index in [1.54, 1.807) is 18.2 Å². The number of nitriles is 1. The van der Waals surface area contributed by atoms with Gasteiger partial charge >= 0.3 is 6.09 Å². The lowest BCUT2D eigenvalue weighted by molar-refractivity contribution is -0.0891. The molecule has 2 unspecified atom stereocenters. The van der Waals surface area contributed by atoms with Gasteiger partial charge in [0.2, 0.25) is 0 Å². The quantitative estimate of drug-likeness (QED) is 0.502. The zero-order valence-corrected chi connectivity index (χ0v) is 20.9. The summed E-state index contributed by atoms with van der Waals surface area (Å²) in [7, 11) is 1.53. The smallest absolute Gasteiger partial charge is 0.410 e. The molecule has 3 aromatic rings. The lowest BCUT2D eigenvalue weighted by atomic mass is 9.72. The van der Waals surface area contributed by atoms with E-state index in [1.807, 2.05) is 29.2 Å². The average Bonchev–Trinajstić information content (AvgIpc) is 3.24. The predicted molar refractivity (Wildman–Crippen MR) is 139 cm³/mol. The highest BCUT2D eigenvalue weighted by molar-refractivity contribution is 5.79. The van der Waals surface area contributed by atoms with Gasteiger partial charge in [-0.05, 0) is 59.2 Å². The molecule has 6 rings (SSSR count). The van der Waals surface area contributed by atoms with Gasteiger partial charge in [0.15, 0.2) is 0 Å². The number of hydrogen-bond acceptors (Lipinski definition) is 5. The van der Waals surface area contributed by atoms with E-state index < -0.39 is 5.60 Å². The van der Waals surface area contributed by atoms with Crippen molar-refractivity contribution >= 4 is 6.09 Å². The molecular formula is C31H30N2O4. The number of hydrogen-bond donors (Lipinski definition) is 1. The van der Waals surface area contributed by atoms with E-state index in [0.29, 0.717) is 30.8 Å². The summed E-state index contributed by atoms with van der Waals surface area (Å²) in [6, 6.07) is 23.8. The summed E-state index contributed by atoms with van der Waals surface area (Å²) in [6.07, 6.45) is 3.25. The second-order valence-corrected chi connectivity index (χ2v) is 10.4. The van der Waals surface area contributed by atoms with E-state index in [4.69, 9.17) is 9.47 Å². The third-order valence-electron chi connectivity index (χ3n) is 8.41. The van der Waals surface area contributed by atoms with Crippen LogP contribution in [0.4, 0.5) is 4.79 Å². The summed E-state index contributed by atoms with van der Waals surface area (Å²) in [5.41, 5.74) is 4.88. The molecule has 0 radical (unpaired) electrons. The van der Waals surface area contributed by atoms with Gasteiger partial charge in [-0.15, -0.1) is 0 Å². The number of carbonyl (C=O) groups excluding carboxylic acids is 1. The average molecular weight is 495 g/mol. The number of carbonyl (C=O) groups is 1. The fourth-order valence-corrected chi connectivity index (χ4v) is 6.70. The Morgan fingerprint density at radius 3 is 2.24 bits per heavy atom. The van der Waals surface area contributed by atoms with Crippen LogP contribution in [-0.2, 0) is 10.3 Å². The third-order valence-corrected chi connectivity index (χ3v) is 8.41. The third kappa shape index (κ3) is 3.95. The zero-order chi connectivity index (χ0) is 25.6. The first-order valence-corrected chi connectivity index (χ1v) is 13.0. The minimum Gasteiger partial charge on any atom is -0.495 e. The molecule has 2 atom stereocenters. The summed E-state index contributed by atoms with van der Waals surface area (Å²) in [4.78, 5) is 15.4. The van der Waals surface area contributed by atoms with Gasteiger partial charge < -0.3 is 19.5 Å². The number of rotatable bonds is 4. The van der Waals surface area contributed by atoms with Crippen LogP contribution in [0.25, 0.3) is 11.1 Å². The molecule has 6 heteroatoms. The van der Waals surface area contributed by atoms with Crippen molar-refractivity contribution in [2.24, 2.45) is 0 Å². The number of aliphatic hydroxyl groups is 1. The number of piperidine rings is 2. The van der Waals surface area contributed by atoms with Crippen LogP contribution in [0, 0.1) is 11.3 Å². The molecule has 0 saturated carbocycles. The van der Waals surface area contributed by atoms with Crippen molar-refractivity contribution in [3.05, 3.63) is 89.0 Å². The van der Waals surface area contributed by atoms with Gasteiger partial charge in [-0.2, -0.15) is 5.26 Å². The van der Waals surface area contributed by atoms with Crippen molar-refractivity contribution in [2.45, 2.75) is 55.7 Å². The highest BCUT2D eigenvalue weighted by Crippen LogP contribution is 2.47. The van der Waals surface area contributed by atoms with Crippen LogP contribution in [0.3, 0.4) is 0 Å². The minimum absolute atomic E-state index is 0.0176. The van der Waals surface area contributed by atoms with E-state index in [0.717, 1.165) is 24.8 Å². The van der Waals surface area contributed by atoms with E-state index in [1.165, 1.54) is 29.4 Å². The molecule has 0 spiro atoms. The molecule has 1 N–H and O–H groups in total. The molecule has 188 valence electrons. The molecule has 2 aliphatic heterocycles. The second-order valence-electron chi connectivity index (χ2n) is 10.4. The topological polar surface area (TPSA) is 82.8 Å². The first kappa shape index (κ1) is 23.6. The fraction of sp³-hybridized carbons (Fsp3) is 0.355. The van der Waals surface area contributed by atoms with E-state index in [-0.39, 0.29) is 24.1 Å². The number of nitrogens with zero attached hydrogens (tertiary/aromatic N) is 2. The first-order chi connectivity index (χ1) is 18.0. The highest BCUT2D eigenvalue weighted by Gasteiger charge is 2.49. The minimum atomic E-state index is -1.09. The molecule has 2 heterocycles. The summed E-state index contributed by atoms with van der Waals surface area (Å²) in [5.74, 6) is 0.474. The van der Waals surface area contributed by atoms with E-state index >= 15 is 0 Å². The molecule has 2 bridgehead atoms. The SMILES string of the molecule is COc1cc(C2(O)CC3CCCC(C2)N3C(=O)OCC2c3ccccc3-c3ccccc32)ccc1C#N. The number of amides is 1. The van der Waals surface area contributed by atoms with Crippen molar-refractivity contribution in [2.75, 3.05) is 13.7 Å². The Bertz CT molecular complexity index is 1330. The maximum Gasteiger partial charge on any atom is 0.410 e. The Balaban J connectivity index is 1.21. The molecule has 0 aromatic heterocycles. The molecule has 37 heavy (non-hydrogen) atoms. The number of fused-ring (bicyclic) bond motifs is 5. The molecular weight excluding hydrogens is 464 g/mol. The van der Waals surface area contributed by atoms with Crippen LogP contribution >= 0.6 is 0 Å². The summed E-state index contributed by atoms with van der Waals surface area (Å²) in [5, 5.41) is 21.1. The molecule has 3 aliphatic rings. The molecule has 6 nitrogen and oxygen atoms in total. The van der Waals surface area contributed by atoms with Gasteiger partial charge in [-0.25, -0.2) is 4.79 Å². The van der Waals surface area contributed by atoms with Crippen molar-refractivity contribution in [1.82, 2.24) is 4.90 Å². The van der Waals surface area contributed by atoms with Crippen LogP contribution in [-0.4, -0.2) is 41.9 Å². The first-order valence-electron chi connectivity index (χ1n) is 13.0. The summed E-state index contributed by atoms with van der Waals surface area (Å²) < 4.78 is 11.4. The van der Waals surface area contributed by atoms with Gasteiger partial charge in [-0.1, -0.05) is 54.6 Å². The maximum absolute atomic E-state index is 13.5. The summed E-state index contributed by atoms with van der Waals surface area (Å²) >= 11 is 0. The monoisotopic (exact) mass is 494 g/mol. The Morgan fingerprint density at radius 1 is 1.03 bits per heavy atom. The predicted octanol–water partition coefficient (Wildman–Crippen LogP) is 5.72. The molecule has 2 saturated heterocycles. The maximum atomic E-state index is 13.5. The van der Waals surface area contributed by atoms with Gasteiger partial charge in [0.1, 0.15) is 18.4 Å². The van der Waals surface area contributed by atoms with Crippen molar-refractivity contribution in [1.29, 1.82) is 5.26 Å². The van der Waals surface area contributed by atoms with Crippen molar-refractivity contribution in [3.8, 4) is 22.9 Å². The lowest BCUT2D eigenvalue weighted by Crippen LogP contribution is -2.59. The number of methoxy groups -OCH3 is 1. The van der Waals surface area contributed by atoms with Crippen LogP contribution in [0.5, 0.6) is 5.75 Å². The van der Waals surface area contributed by atoms with Gasteiger partial charge in [-0.3, -0.25) is 0 Å². The van der Waals surface area contributed by atoms with Gasteiger partial charge in [0.25, 0.3) is 0 Å². The second kappa shape index (κ2) is 9.24. The van der Waals surface area contributed by atoms with Gasteiger partial charge in [0, 0.05) is 30.8 Å². The Hall–Kier alpha value is -3.82. The highest BCUT2D eigenvalue weighted by atomic mass is 16.6.